The molecule has 0 unspecified atom stereocenters. The maximum absolute atomic E-state index is 4.52. The monoisotopic (exact) mass is 258 g/mol. The molecule has 0 aliphatic carbocycles. The Labute approximate surface area is 114 Å². The Morgan fingerprint density at radius 1 is 1.16 bits per heavy atom. The van der Waals surface area contributed by atoms with Crippen molar-refractivity contribution in [3.63, 3.8) is 0 Å². The number of aryl methyl sites for hydroxylation is 1. The van der Waals surface area contributed by atoms with Crippen molar-refractivity contribution in [2.75, 3.05) is 11.9 Å². The number of H-pyrrole nitrogens is 1. The second kappa shape index (κ2) is 5.43. The SMILES string of the molecule is Cc1ccc(NCCc2nc(C(C)(C)C)n[nH]2)cc1. The van der Waals surface area contributed by atoms with Gasteiger partial charge in [-0.3, -0.25) is 5.10 Å². The zero-order valence-corrected chi connectivity index (χ0v) is 12.1. The van der Waals surface area contributed by atoms with Gasteiger partial charge in [0, 0.05) is 24.1 Å². The first-order valence-electron chi connectivity index (χ1n) is 6.67. The van der Waals surface area contributed by atoms with E-state index in [0.29, 0.717) is 0 Å². The molecule has 0 saturated heterocycles. The predicted molar refractivity (Wildman–Crippen MR) is 78.5 cm³/mol. The van der Waals surface area contributed by atoms with Crippen molar-refractivity contribution < 1.29 is 0 Å². The summed E-state index contributed by atoms with van der Waals surface area (Å²) in [6.45, 7) is 9.29. The van der Waals surface area contributed by atoms with Crippen LogP contribution in [0.15, 0.2) is 24.3 Å². The first kappa shape index (κ1) is 13.6. The van der Waals surface area contributed by atoms with Crippen molar-refractivity contribution in [3.05, 3.63) is 41.5 Å². The van der Waals surface area contributed by atoms with Crippen molar-refractivity contribution in [1.82, 2.24) is 15.2 Å². The lowest BCUT2D eigenvalue weighted by molar-refractivity contribution is 0.547. The third-order valence-electron chi connectivity index (χ3n) is 2.95. The summed E-state index contributed by atoms with van der Waals surface area (Å²) in [4.78, 5) is 4.52. The summed E-state index contributed by atoms with van der Waals surface area (Å²) in [6, 6.07) is 8.40. The highest BCUT2D eigenvalue weighted by Crippen LogP contribution is 2.17. The van der Waals surface area contributed by atoms with E-state index in [9.17, 15) is 0 Å². The molecule has 102 valence electrons. The molecule has 1 aromatic carbocycles. The molecule has 1 heterocycles. The average molecular weight is 258 g/mol. The molecule has 2 N–H and O–H groups in total. The Morgan fingerprint density at radius 2 is 1.84 bits per heavy atom. The third kappa shape index (κ3) is 3.81. The van der Waals surface area contributed by atoms with Crippen LogP contribution in [0.1, 0.15) is 38.0 Å². The summed E-state index contributed by atoms with van der Waals surface area (Å²) >= 11 is 0. The molecule has 0 aliphatic rings. The van der Waals surface area contributed by atoms with Gasteiger partial charge in [0.25, 0.3) is 0 Å². The molecular weight excluding hydrogens is 236 g/mol. The zero-order chi connectivity index (χ0) is 13.9. The summed E-state index contributed by atoms with van der Waals surface area (Å²) in [6.07, 6.45) is 0.844. The molecule has 4 heteroatoms. The van der Waals surface area contributed by atoms with Crippen LogP contribution < -0.4 is 5.32 Å². The van der Waals surface area contributed by atoms with Gasteiger partial charge in [0.1, 0.15) is 5.82 Å². The van der Waals surface area contributed by atoms with E-state index in [0.717, 1.165) is 30.3 Å². The molecule has 0 amide bonds. The smallest absolute Gasteiger partial charge is 0.155 e. The lowest BCUT2D eigenvalue weighted by Gasteiger charge is -2.11. The fourth-order valence-electron chi connectivity index (χ4n) is 1.74. The number of benzene rings is 1. The van der Waals surface area contributed by atoms with E-state index in [1.165, 1.54) is 5.56 Å². The zero-order valence-electron chi connectivity index (χ0n) is 12.1. The molecule has 19 heavy (non-hydrogen) atoms. The fourth-order valence-corrected chi connectivity index (χ4v) is 1.74. The Morgan fingerprint density at radius 3 is 2.42 bits per heavy atom. The minimum absolute atomic E-state index is 0.000858. The van der Waals surface area contributed by atoms with Crippen LogP contribution in [0.2, 0.25) is 0 Å². The Bertz CT molecular complexity index is 520. The number of hydrogen-bond acceptors (Lipinski definition) is 3. The summed E-state index contributed by atoms with van der Waals surface area (Å²) in [7, 11) is 0. The van der Waals surface area contributed by atoms with Crippen LogP contribution in [-0.2, 0) is 11.8 Å². The standard InChI is InChI=1S/C15H22N4/c1-11-5-7-12(8-6-11)16-10-9-13-17-14(19-18-13)15(2,3)4/h5-8,16H,9-10H2,1-4H3,(H,17,18,19). The first-order chi connectivity index (χ1) is 8.95. The Balaban J connectivity index is 1.86. The molecule has 0 bridgehead atoms. The molecule has 4 nitrogen and oxygen atoms in total. The van der Waals surface area contributed by atoms with E-state index >= 15 is 0 Å². The van der Waals surface area contributed by atoms with E-state index in [1.54, 1.807) is 0 Å². The van der Waals surface area contributed by atoms with E-state index < -0.39 is 0 Å². The lowest BCUT2D eigenvalue weighted by atomic mass is 9.96. The van der Waals surface area contributed by atoms with Gasteiger partial charge in [0.05, 0.1) is 0 Å². The van der Waals surface area contributed by atoms with Gasteiger partial charge in [-0.15, -0.1) is 0 Å². The molecule has 2 rings (SSSR count). The highest BCUT2D eigenvalue weighted by atomic mass is 15.2. The Hall–Kier alpha value is -1.84. The Kier molecular flexibility index (Phi) is 3.88. The third-order valence-corrected chi connectivity index (χ3v) is 2.95. The number of nitrogens with one attached hydrogen (secondary N) is 2. The van der Waals surface area contributed by atoms with Gasteiger partial charge in [0.2, 0.25) is 0 Å². The van der Waals surface area contributed by atoms with Crippen LogP contribution in [0.25, 0.3) is 0 Å². The van der Waals surface area contributed by atoms with Gasteiger partial charge in [-0.25, -0.2) is 4.98 Å². The van der Waals surface area contributed by atoms with Gasteiger partial charge >= 0.3 is 0 Å². The van der Waals surface area contributed by atoms with E-state index in [-0.39, 0.29) is 5.41 Å². The normalized spacial score (nSPS) is 11.6. The van der Waals surface area contributed by atoms with Crippen molar-refractivity contribution in [1.29, 1.82) is 0 Å². The minimum Gasteiger partial charge on any atom is -0.385 e. The summed E-state index contributed by atoms with van der Waals surface area (Å²) < 4.78 is 0. The number of aromatic nitrogens is 3. The van der Waals surface area contributed by atoms with E-state index in [1.807, 2.05) is 0 Å². The van der Waals surface area contributed by atoms with Crippen LogP contribution in [0.3, 0.4) is 0 Å². The molecule has 0 atom stereocenters. The van der Waals surface area contributed by atoms with Crippen LogP contribution in [0.5, 0.6) is 0 Å². The van der Waals surface area contributed by atoms with Crippen molar-refractivity contribution in [2.45, 2.75) is 39.5 Å². The fraction of sp³-hybridized carbons (Fsp3) is 0.467. The van der Waals surface area contributed by atoms with Crippen LogP contribution >= 0.6 is 0 Å². The number of nitrogens with zero attached hydrogens (tertiary/aromatic N) is 2. The average Bonchev–Trinajstić information content (AvgIpc) is 2.80. The predicted octanol–water partition coefficient (Wildman–Crippen LogP) is 3.07. The quantitative estimate of drug-likeness (QED) is 0.886. The lowest BCUT2D eigenvalue weighted by Crippen LogP contribution is -2.13. The molecule has 0 aliphatic heterocycles. The van der Waals surface area contributed by atoms with Gasteiger partial charge in [-0.2, -0.15) is 5.10 Å². The molecule has 0 spiro atoms. The number of rotatable bonds is 4. The summed E-state index contributed by atoms with van der Waals surface area (Å²) in [5.74, 6) is 1.81. The molecule has 0 saturated carbocycles. The number of hydrogen-bond donors (Lipinski definition) is 2. The topological polar surface area (TPSA) is 53.6 Å². The largest absolute Gasteiger partial charge is 0.385 e. The first-order valence-corrected chi connectivity index (χ1v) is 6.67. The van der Waals surface area contributed by atoms with Gasteiger partial charge < -0.3 is 5.32 Å². The van der Waals surface area contributed by atoms with Crippen molar-refractivity contribution in [2.24, 2.45) is 0 Å². The molecule has 2 aromatic rings. The van der Waals surface area contributed by atoms with Gasteiger partial charge in [-0.05, 0) is 19.1 Å². The van der Waals surface area contributed by atoms with Gasteiger partial charge in [-0.1, -0.05) is 38.5 Å². The molecular formula is C15H22N4. The second-order valence-corrected chi connectivity index (χ2v) is 5.90. The summed E-state index contributed by atoms with van der Waals surface area (Å²) in [5.41, 5.74) is 2.41. The van der Waals surface area contributed by atoms with Crippen LogP contribution in [0.4, 0.5) is 5.69 Å². The van der Waals surface area contributed by atoms with E-state index in [4.69, 9.17) is 0 Å². The maximum Gasteiger partial charge on any atom is 0.155 e. The van der Waals surface area contributed by atoms with Crippen molar-refractivity contribution in [3.8, 4) is 0 Å². The van der Waals surface area contributed by atoms with Gasteiger partial charge in [0.15, 0.2) is 5.82 Å². The second-order valence-electron chi connectivity index (χ2n) is 5.90. The summed E-state index contributed by atoms with van der Waals surface area (Å²) in [5, 5.41) is 10.6. The minimum atomic E-state index is -0.000858. The number of anilines is 1. The highest BCUT2D eigenvalue weighted by Gasteiger charge is 2.18. The van der Waals surface area contributed by atoms with E-state index in [2.05, 4.69) is 72.5 Å². The molecule has 1 aromatic heterocycles. The molecule has 0 radical (unpaired) electrons. The van der Waals surface area contributed by atoms with Crippen LogP contribution in [0, 0.1) is 6.92 Å². The van der Waals surface area contributed by atoms with Crippen molar-refractivity contribution >= 4 is 5.69 Å². The molecule has 0 fully saturated rings. The maximum atomic E-state index is 4.52. The number of aromatic amines is 1. The highest BCUT2D eigenvalue weighted by molar-refractivity contribution is 5.44. The van der Waals surface area contributed by atoms with Crippen LogP contribution in [-0.4, -0.2) is 21.7 Å².